The Morgan fingerprint density at radius 3 is 2.62 bits per heavy atom. The van der Waals surface area contributed by atoms with Gasteiger partial charge in [0.2, 0.25) is 0 Å². The van der Waals surface area contributed by atoms with Crippen molar-refractivity contribution >= 4 is 43.6 Å². The van der Waals surface area contributed by atoms with E-state index in [9.17, 15) is 9.59 Å². The van der Waals surface area contributed by atoms with Crippen molar-refractivity contribution in [3.63, 3.8) is 0 Å². The molecule has 0 saturated carbocycles. The van der Waals surface area contributed by atoms with Gasteiger partial charge in [0.05, 0.1) is 18.0 Å². The summed E-state index contributed by atoms with van der Waals surface area (Å²) in [5, 5.41) is 0.307. The summed E-state index contributed by atoms with van der Waals surface area (Å²) in [5.74, 6) is -0.345. The molecule has 0 radical (unpaired) electrons. The van der Waals surface area contributed by atoms with Crippen LogP contribution in [-0.2, 0) is 16.0 Å². The summed E-state index contributed by atoms with van der Waals surface area (Å²) < 4.78 is 5.43. The first-order valence-electron chi connectivity index (χ1n) is 4.53. The van der Waals surface area contributed by atoms with Gasteiger partial charge in [0.25, 0.3) is 0 Å². The largest absolute Gasteiger partial charge is 0.465 e. The van der Waals surface area contributed by atoms with E-state index in [1.54, 1.807) is 18.2 Å². The van der Waals surface area contributed by atoms with Crippen LogP contribution >= 0.6 is 31.9 Å². The molecule has 0 unspecified atom stereocenters. The number of hydrogen-bond donors (Lipinski definition) is 0. The number of halogens is 2. The molecular formula is C11H10Br2O3. The molecule has 0 N–H and O–H groups in total. The van der Waals surface area contributed by atoms with Crippen LogP contribution in [0.5, 0.6) is 0 Å². The third-order valence-corrected chi connectivity index (χ3v) is 3.40. The minimum absolute atomic E-state index is 0.0581. The highest BCUT2D eigenvalue weighted by molar-refractivity contribution is 9.10. The number of benzene rings is 1. The number of rotatable bonds is 4. The van der Waals surface area contributed by atoms with Gasteiger partial charge in [-0.1, -0.05) is 31.9 Å². The zero-order valence-corrected chi connectivity index (χ0v) is 11.8. The molecule has 3 nitrogen and oxygen atoms in total. The van der Waals surface area contributed by atoms with Crippen molar-refractivity contribution in [2.24, 2.45) is 0 Å². The quantitative estimate of drug-likeness (QED) is 0.620. The van der Waals surface area contributed by atoms with E-state index in [4.69, 9.17) is 0 Å². The summed E-state index contributed by atoms with van der Waals surface area (Å²) in [6, 6.07) is 5.05. The molecule has 86 valence electrons. The third-order valence-electron chi connectivity index (χ3n) is 2.00. The molecule has 0 aromatic heterocycles. The van der Waals surface area contributed by atoms with E-state index in [1.165, 1.54) is 7.11 Å². The predicted octanol–water partition coefficient (Wildman–Crippen LogP) is 2.74. The number of carbonyl (C=O) groups excluding carboxylic acids is 2. The fraction of sp³-hybridized carbons (Fsp3) is 0.273. The molecule has 1 aromatic carbocycles. The van der Waals surface area contributed by atoms with Crippen molar-refractivity contribution in [1.29, 1.82) is 0 Å². The molecule has 0 atom stereocenters. The fourth-order valence-corrected chi connectivity index (χ4v) is 1.80. The van der Waals surface area contributed by atoms with E-state index >= 15 is 0 Å². The van der Waals surface area contributed by atoms with Crippen molar-refractivity contribution in [2.45, 2.75) is 6.42 Å². The molecule has 0 bridgehead atoms. The summed E-state index contributed by atoms with van der Waals surface area (Å²) in [5.41, 5.74) is 1.23. The Morgan fingerprint density at radius 2 is 2.06 bits per heavy atom. The number of ketones is 1. The molecule has 1 rings (SSSR count). The maximum Gasteiger partial charge on any atom is 0.337 e. The van der Waals surface area contributed by atoms with Crippen LogP contribution in [0.15, 0.2) is 22.7 Å². The van der Waals surface area contributed by atoms with Crippen molar-refractivity contribution < 1.29 is 14.3 Å². The smallest absolute Gasteiger partial charge is 0.337 e. The highest BCUT2D eigenvalue weighted by atomic mass is 79.9. The zero-order chi connectivity index (χ0) is 12.1. The van der Waals surface area contributed by atoms with Crippen molar-refractivity contribution in [3.8, 4) is 0 Å². The molecule has 0 saturated heterocycles. The van der Waals surface area contributed by atoms with Gasteiger partial charge in [0.15, 0.2) is 0 Å². The Hall–Kier alpha value is -0.680. The van der Waals surface area contributed by atoms with Gasteiger partial charge in [0.1, 0.15) is 5.78 Å². The normalized spacial score (nSPS) is 9.94. The standard InChI is InChI=1S/C11H10Br2O3/c1-16-11(15)7-2-3-10(13)8(4-7)5-9(14)6-12/h2-4H,5-6H2,1H3. The Bertz CT molecular complexity index is 416. The van der Waals surface area contributed by atoms with Gasteiger partial charge < -0.3 is 4.74 Å². The van der Waals surface area contributed by atoms with E-state index < -0.39 is 5.97 Å². The van der Waals surface area contributed by atoms with Gasteiger partial charge in [0, 0.05) is 10.9 Å². The molecule has 5 heteroatoms. The molecule has 0 fully saturated rings. The van der Waals surface area contributed by atoms with E-state index in [1.807, 2.05) is 0 Å². The van der Waals surface area contributed by atoms with Crippen LogP contribution in [-0.4, -0.2) is 24.2 Å². The maximum atomic E-state index is 11.3. The highest BCUT2D eigenvalue weighted by Gasteiger charge is 2.10. The number of alkyl halides is 1. The van der Waals surface area contributed by atoms with Crippen LogP contribution < -0.4 is 0 Å². The average molecular weight is 350 g/mol. The monoisotopic (exact) mass is 348 g/mol. The average Bonchev–Trinajstić information content (AvgIpc) is 2.30. The highest BCUT2D eigenvalue weighted by Crippen LogP contribution is 2.20. The van der Waals surface area contributed by atoms with Gasteiger partial charge in [-0.05, 0) is 23.8 Å². The van der Waals surface area contributed by atoms with Gasteiger partial charge in [-0.25, -0.2) is 4.79 Å². The number of carbonyl (C=O) groups is 2. The number of hydrogen-bond acceptors (Lipinski definition) is 3. The Morgan fingerprint density at radius 1 is 1.38 bits per heavy atom. The first kappa shape index (κ1) is 13.4. The number of methoxy groups -OCH3 is 1. The summed E-state index contributed by atoms with van der Waals surface area (Å²) in [6.07, 6.45) is 0.288. The molecule has 0 amide bonds. The minimum Gasteiger partial charge on any atom is -0.465 e. The third kappa shape index (κ3) is 3.42. The first-order valence-corrected chi connectivity index (χ1v) is 6.44. The molecule has 0 aliphatic heterocycles. The molecule has 0 aliphatic rings. The zero-order valence-electron chi connectivity index (χ0n) is 8.63. The summed E-state index contributed by atoms with van der Waals surface area (Å²) in [6.45, 7) is 0. The maximum absolute atomic E-state index is 11.3. The number of esters is 1. The van der Waals surface area contributed by atoms with Crippen LogP contribution in [0.1, 0.15) is 15.9 Å². The Labute approximate surface area is 110 Å². The van der Waals surface area contributed by atoms with Crippen molar-refractivity contribution in [3.05, 3.63) is 33.8 Å². The molecule has 0 spiro atoms. The molecule has 1 aromatic rings. The lowest BCUT2D eigenvalue weighted by Crippen LogP contribution is -2.07. The van der Waals surface area contributed by atoms with E-state index in [-0.39, 0.29) is 12.2 Å². The van der Waals surface area contributed by atoms with Gasteiger partial charge in [-0.2, -0.15) is 0 Å². The van der Waals surface area contributed by atoms with Gasteiger partial charge in [-0.3, -0.25) is 4.79 Å². The lowest BCUT2D eigenvalue weighted by molar-refractivity contribution is -0.115. The SMILES string of the molecule is COC(=O)c1ccc(Br)c(CC(=O)CBr)c1. The lowest BCUT2D eigenvalue weighted by Gasteiger charge is -2.05. The molecule has 16 heavy (non-hydrogen) atoms. The van der Waals surface area contributed by atoms with Crippen molar-refractivity contribution in [1.82, 2.24) is 0 Å². The molecule has 0 aliphatic carbocycles. The van der Waals surface area contributed by atoms with Crippen LogP contribution in [0.2, 0.25) is 0 Å². The molecular weight excluding hydrogens is 340 g/mol. The van der Waals surface area contributed by atoms with E-state index in [0.29, 0.717) is 10.9 Å². The van der Waals surface area contributed by atoms with Crippen molar-refractivity contribution in [2.75, 3.05) is 12.4 Å². The first-order chi connectivity index (χ1) is 7.58. The summed E-state index contributed by atoms with van der Waals surface area (Å²) in [7, 11) is 1.33. The fourth-order valence-electron chi connectivity index (χ4n) is 1.21. The van der Waals surface area contributed by atoms with Crippen LogP contribution in [0, 0.1) is 0 Å². The second kappa shape index (κ2) is 6.15. The lowest BCUT2D eigenvalue weighted by atomic mass is 10.1. The number of ether oxygens (including phenoxy) is 1. The topological polar surface area (TPSA) is 43.4 Å². The van der Waals surface area contributed by atoms with Gasteiger partial charge >= 0.3 is 5.97 Å². The van der Waals surface area contributed by atoms with Crippen LogP contribution in [0.25, 0.3) is 0 Å². The summed E-state index contributed by atoms with van der Waals surface area (Å²) >= 11 is 6.44. The van der Waals surface area contributed by atoms with E-state index in [2.05, 4.69) is 36.6 Å². The minimum atomic E-state index is -0.403. The Balaban J connectivity index is 2.99. The number of Topliss-reactive ketones (excluding diaryl/α,β-unsaturated/α-hetero) is 1. The molecule has 0 heterocycles. The van der Waals surface area contributed by atoms with E-state index in [0.717, 1.165) is 10.0 Å². The predicted molar refractivity (Wildman–Crippen MR) is 68.0 cm³/mol. The van der Waals surface area contributed by atoms with Gasteiger partial charge in [-0.15, -0.1) is 0 Å². The summed E-state index contributed by atoms with van der Waals surface area (Å²) in [4.78, 5) is 22.6. The second-order valence-electron chi connectivity index (χ2n) is 3.15. The Kier molecular flexibility index (Phi) is 5.15. The van der Waals surface area contributed by atoms with Crippen LogP contribution in [0.4, 0.5) is 0 Å². The second-order valence-corrected chi connectivity index (χ2v) is 4.56. The van der Waals surface area contributed by atoms with Crippen LogP contribution in [0.3, 0.4) is 0 Å².